The van der Waals surface area contributed by atoms with E-state index in [1.54, 1.807) is 24.8 Å². The number of benzene rings is 1. The number of likely N-dealkylation sites (tertiary alicyclic amines) is 1. The van der Waals surface area contributed by atoms with E-state index in [4.69, 9.17) is 0 Å². The molecule has 0 saturated carbocycles. The van der Waals surface area contributed by atoms with Crippen molar-refractivity contribution in [2.75, 3.05) is 13.1 Å². The Hall–Kier alpha value is -3.15. The summed E-state index contributed by atoms with van der Waals surface area (Å²) >= 11 is 0. The number of carbonyl (C=O) groups excluding carboxylic acids is 1. The summed E-state index contributed by atoms with van der Waals surface area (Å²) < 4.78 is 0. The molecule has 1 aliphatic rings. The van der Waals surface area contributed by atoms with Gasteiger partial charge in [-0.15, -0.1) is 0 Å². The molecule has 3 aromatic rings. The van der Waals surface area contributed by atoms with Crippen LogP contribution in [0.4, 0.5) is 0 Å². The van der Waals surface area contributed by atoms with Crippen LogP contribution in [0, 0.1) is 0 Å². The first-order valence-corrected chi connectivity index (χ1v) is 8.75. The van der Waals surface area contributed by atoms with Gasteiger partial charge in [0.05, 0.1) is 0 Å². The lowest BCUT2D eigenvalue weighted by Crippen LogP contribution is -2.38. The van der Waals surface area contributed by atoms with Gasteiger partial charge in [-0.05, 0) is 25.0 Å². The molecular formula is C20H19N5O. The highest BCUT2D eigenvalue weighted by atomic mass is 16.2. The van der Waals surface area contributed by atoms with Crippen LogP contribution < -0.4 is 0 Å². The summed E-state index contributed by atoms with van der Waals surface area (Å²) in [7, 11) is 0. The average Bonchev–Trinajstić information content (AvgIpc) is 2.75. The van der Waals surface area contributed by atoms with Gasteiger partial charge < -0.3 is 4.90 Å². The summed E-state index contributed by atoms with van der Waals surface area (Å²) in [6.07, 6.45) is 6.81. The molecule has 2 aromatic heterocycles. The van der Waals surface area contributed by atoms with Crippen LogP contribution in [0.15, 0.2) is 61.2 Å². The maximum absolute atomic E-state index is 12.8. The third-order valence-electron chi connectivity index (χ3n) is 4.71. The topological polar surface area (TPSA) is 71.9 Å². The largest absolute Gasteiger partial charge is 0.337 e. The summed E-state index contributed by atoms with van der Waals surface area (Å²) in [5.41, 5.74) is 2.41. The Labute approximate surface area is 152 Å². The molecular weight excluding hydrogens is 326 g/mol. The lowest BCUT2D eigenvalue weighted by Gasteiger charge is -2.31. The number of rotatable bonds is 3. The highest BCUT2D eigenvalue weighted by molar-refractivity contribution is 5.92. The van der Waals surface area contributed by atoms with E-state index >= 15 is 0 Å². The quantitative estimate of drug-likeness (QED) is 0.730. The van der Waals surface area contributed by atoms with E-state index in [1.807, 2.05) is 41.3 Å². The summed E-state index contributed by atoms with van der Waals surface area (Å²) in [6, 6.07) is 13.3. The molecule has 1 fully saturated rings. The van der Waals surface area contributed by atoms with Crippen molar-refractivity contribution in [3.05, 3.63) is 72.6 Å². The fourth-order valence-corrected chi connectivity index (χ4v) is 3.29. The van der Waals surface area contributed by atoms with Crippen molar-refractivity contribution in [2.24, 2.45) is 0 Å². The maximum atomic E-state index is 12.8. The van der Waals surface area contributed by atoms with E-state index in [9.17, 15) is 4.79 Å². The molecule has 0 aliphatic carbocycles. The summed E-state index contributed by atoms with van der Waals surface area (Å²) in [5, 5.41) is 0. The lowest BCUT2D eigenvalue weighted by atomic mass is 9.93. The van der Waals surface area contributed by atoms with Crippen molar-refractivity contribution >= 4 is 5.91 Å². The number of amides is 1. The molecule has 1 aromatic carbocycles. The van der Waals surface area contributed by atoms with Gasteiger partial charge in [0.15, 0.2) is 5.82 Å². The zero-order valence-corrected chi connectivity index (χ0v) is 14.3. The monoisotopic (exact) mass is 345 g/mol. The van der Waals surface area contributed by atoms with Crippen LogP contribution in [0.2, 0.25) is 0 Å². The van der Waals surface area contributed by atoms with Gasteiger partial charge in [-0.25, -0.2) is 19.9 Å². The Morgan fingerprint density at radius 3 is 2.50 bits per heavy atom. The van der Waals surface area contributed by atoms with Crippen LogP contribution in [0.25, 0.3) is 11.4 Å². The number of nitrogens with zero attached hydrogens (tertiary/aromatic N) is 5. The molecule has 6 nitrogen and oxygen atoms in total. The number of carbonyl (C=O) groups is 1. The van der Waals surface area contributed by atoms with Crippen molar-refractivity contribution in [1.29, 1.82) is 0 Å². The molecule has 0 N–H and O–H groups in total. The zero-order chi connectivity index (χ0) is 17.8. The second-order valence-corrected chi connectivity index (χ2v) is 6.33. The van der Waals surface area contributed by atoms with Gasteiger partial charge in [0.25, 0.3) is 5.91 Å². The highest BCUT2D eigenvalue weighted by Crippen LogP contribution is 2.27. The zero-order valence-electron chi connectivity index (χ0n) is 14.3. The molecule has 1 amide bonds. The second-order valence-electron chi connectivity index (χ2n) is 6.33. The van der Waals surface area contributed by atoms with Gasteiger partial charge in [-0.3, -0.25) is 4.79 Å². The smallest absolute Gasteiger partial charge is 0.272 e. The van der Waals surface area contributed by atoms with Crippen LogP contribution in [0.5, 0.6) is 0 Å². The Morgan fingerprint density at radius 1 is 0.962 bits per heavy atom. The minimum absolute atomic E-state index is 0.0364. The van der Waals surface area contributed by atoms with Crippen LogP contribution in [-0.2, 0) is 0 Å². The van der Waals surface area contributed by atoms with Crippen molar-refractivity contribution in [3.63, 3.8) is 0 Å². The first-order valence-electron chi connectivity index (χ1n) is 8.75. The second kappa shape index (κ2) is 7.39. The third kappa shape index (κ3) is 3.44. The molecule has 26 heavy (non-hydrogen) atoms. The van der Waals surface area contributed by atoms with Crippen LogP contribution >= 0.6 is 0 Å². The number of aromatic nitrogens is 4. The summed E-state index contributed by atoms with van der Waals surface area (Å²) in [6.45, 7) is 1.41. The number of hydrogen-bond donors (Lipinski definition) is 0. The van der Waals surface area contributed by atoms with E-state index in [0.29, 0.717) is 30.5 Å². The van der Waals surface area contributed by atoms with Crippen molar-refractivity contribution in [3.8, 4) is 11.4 Å². The Morgan fingerprint density at radius 2 is 1.77 bits per heavy atom. The van der Waals surface area contributed by atoms with Gasteiger partial charge in [0, 0.05) is 42.7 Å². The fraction of sp³-hybridized carbons (Fsp3) is 0.250. The van der Waals surface area contributed by atoms with Crippen molar-refractivity contribution < 1.29 is 4.79 Å². The van der Waals surface area contributed by atoms with E-state index in [2.05, 4.69) is 19.9 Å². The van der Waals surface area contributed by atoms with E-state index in [-0.39, 0.29) is 5.91 Å². The highest BCUT2D eigenvalue weighted by Gasteiger charge is 2.26. The molecule has 6 heteroatoms. The Kier molecular flexibility index (Phi) is 4.64. The van der Waals surface area contributed by atoms with Gasteiger partial charge in [-0.1, -0.05) is 30.3 Å². The molecule has 0 atom stereocenters. The van der Waals surface area contributed by atoms with Gasteiger partial charge in [0.1, 0.15) is 12.0 Å². The predicted molar refractivity (Wildman–Crippen MR) is 97.4 cm³/mol. The molecule has 0 spiro atoms. The SMILES string of the molecule is O=C(c1ccnc(-c2ccccc2)n1)N1CCC(c2ccncn2)CC1. The molecule has 3 heterocycles. The number of hydrogen-bond acceptors (Lipinski definition) is 5. The van der Waals surface area contributed by atoms with Crippen LogP contribution in [-0.4, -0.2) is 43.8 Å². The Bertz CT molecular complexity index is 877. The first kappa shape index (κ1) is 16.3. The van der Waals surface area contributed by atoms with E-state index in [1.165, 1.54) is 0 Å². The minimum Gasteiger partial charge on any atom is -0.337 e. The van der Waals surface area contributed by atoms with Crippen molar-refractivity contribution in [1.82, 2.24) is 24.8 Å². The Balaban J connectivity index is 1.46. The minimum atomic E-state index is -0.0364. The van der Waals surface area contributed by atoms with Crippen molar-refractivity contribution in [2.45, 2.75) is 18.8 Å². The molecule has 130 valence electrons. The standard InChI is InChI=1S/C20H19N5O/c26-20(18-7-11-22-19(24-18)16-4-2-1-3-5-16)25-12-8-15(9-13-25)17-6-10-21-14-23-17/h1-7,10-11,14-15H,8-9,12-13H2. The maximum Gasteiger partial charge on any atom is 0.272 e. The molecule has 0 bridgehead atoms. The summed E-state index contributed by atoms with van der Waals surface area (Å²) in [5.74, 6) is 0.922. The first-order chi connectivity index (χ1) is 12.8. The van der Waals surface area contributed by atoms with Gasteiger partial charge in [0.2, 0.25) is 0 Å². The normalized spacial score (nSPS) is 15.0. The van der Waals surface area contributed by atoms with E-state index in [0.717, 1.165) is 24.1 Å². The molecule has 0 unspecified atom stereocenters. The van der Waals surface area contributed by atoms with Crippen LogP contribution in [0.3, 0.4) is 0 Å². The third-order valence-corrected chi connectivity index (χ3v) is 4.71. The molecule has 1 aliphatic heterocycles. The van der Waals surface area contributed by atoms with Crippen LogP contribution in [0.1, 0.15) is 34.9 Å². The summed E-state index contributed by atoms with van der Waals surface area (Å²) in [4.78, 5) is 31.8. The van der Waals surface area contributed by atoms with Gasteiger partial charge >= 0.3 is 0 Å². The lowest BCUT2D eigenvalue weighted by molar-refractivity contribution is 0.0706. The van der Waals surface area contributed by atoms with E-state index < -0.39 is 0 Å². The number of piperidine rings is 1. The molecule has 0 radical (unpaired) electrons. The fourth-order valence-electron chi connectivity index (χ4n) is 3.29. The molecule has 1 saturated heterocycles. The van der Waals surface area contributed by atoms with Gasteiger partial charge in [-0.2, -0.15) is 0 Å². The average molecular weight is 345 g/mol. The molecule has 4 rings (SSSR count). The predicted octanol–water partition coefficient (Wildman–Crippen LogP) is 2.95.